The van der Waals surface area contributed by atoms with Crippen LogP contribution in [0.4, 0.5) is 5.00 Å². The topological polar surface area (TPSA) is 94.6 Å². The van der Waals surface area contributed by atoms with Gasteiger partial charge in [0.05, 0.1) is 5.71 Å². The molecule has 6 nitrogen and oxygen atoms in total. The van der Waals surface area contributed by atoms with Crippen LogP contribution in [0, 0.1) is 19.3 Å². The fourth-order valence-electron chi connectivity index (χ4n) is 2.74. The van der Waals surface area contributed by atoms with Crippen molar-refractivity contribution in [3.05, 3.63) is 50.9 Å². The Morgan fingerprint density at radius 3 is 2.13 bits per heavy atom. The van der Waals surface area contributed by atoms with Gasteiger partial charge in [-0.2, -0.15) is 5.10 Å². The summed E-state index contributed by atoms with van der Waals surface area (Å²) < 4.78 is 0. The SMILES string of the molecule is CC.CC.CC1=NNC(C)N1c1sc(C)c(C)c1C(=N)c1ccc(Cl)cc1.NC=O. The number of amides is 1. The van der Waals surface area contributed by atoms with Crippen LogP contribution in [-0.4, -0.2) is 24.1 Å². The number of halogens is 1. The van der Waals surface area contributed by atoms with Gasteiger partial charge in [-0.1, -0.05) is 51.4 Å². The highest BCUT2D eigenvalue weighted by atomic mass is 35.5. The summed E-state index contributed by atoms with van der Waals surface area (Å²) in [6, 6.07) is 7.44. The van der Waals surface area contributed by atoms with Gasteiger partial charge in [-0.3, -0.25) is 20.5 Å². The van der Waals surface area contributed by atoms with Crippen LogP contribution in [-0.2, 0) is 4.79 Å². The number of carbonyl (C=O) groups excluding carboxylic acids is 1. The molecule has 30 heavy (non-hydrogen) atoms. The quantitative estimate of drug-likeness (QED) is 0.414. The molecular formula is C22H34ClN5OS. The maximum Gasteiger partial charge on any atom is 0.204 e. The van der Waals surface area contributed by atoms with Gasteiger partial charge >= 0.3 is 0 Å². The second-order valence-corrected chi connectivity index (χ2v) is 7.46. The number of hydrogen-bond acceptors (Lipinski definition) is 6. The highest BCUT2D eigenvalue weighted by Gasteiger charge is 2.29. The van der Waals surface area contributed by atoms with Crippen LogP contribution in [0.15, 0.2) is 29.4 Å². The molecule has 1 aliphatic heterocycles. The Kier molecular flexibility index (Phi) is 12.7. The maximum atomic E-state index is 8.71. The first-order valence-electron chi connectivity index (χ1n) is 10.0. The summed E-state index contributed by atoms with van der Waals surface area (Å²) in [6.07, 6.45) is 0.337. The smallest absolute Gasteiger partial charge is 0.204 e. The van der Waals surface area contributed by atoms with Crippen LogP contribution in [0.2, 0.25) is 5.02 Å². The minimum absolute atomic E-state index is 0.0872. The van der Waals surface area contributed by atoms with Gasteiger partial charge in [0, 0.05) is 21.0 Å². The summed E-state index contributed by atoms with van der Waals surface area (Å²) in [6.45, 7) is 16.2. The lowest BCUT2D eigenvalue weighted by Gasteiger charge is -2.23. The largest absolute Gasteiger partial charge is 0.372 e. The molecule has 0 aliphatic carbocycles. The Hall–Kier alpha value is -2.38. The van der Waals surface area contributed by atoms with Crippen molar-refractivity contribution in [2.45, 2.75) is 61.6 Å². The van der Waals surface area contributed by atoms with Gasteiger partial charge in [0.15, 0.2) is 0 Å². The number of nitrogens with zero attached hydrogens (tertiary/aromatic N) is 2. The number of anilines is 1. The normalized spacial score (nSPS) is 14.0. The molecule has 4 N–H and O–H groups in total. The van der Waals surface area contributed by atoms with Crippen molar-refractivity contribution in [3.8, 4) is 0 Å². The van der Waals surface area contributed by atoms with Crippen molar-refractivity contribution in [3.63, 3.8) is 0 Å². The second-order valence-electron chi connectivity index (χ2n) is 5.82. The molecule has 0 radical (unpaired) electrons. The molecular weight excluding hydrogens is 418 g/mol. The minimum atomic E-state index is 0.0872. The van der Waals surface area contributed by atoms with E-state index in [1.807, 2.05) is 58.9 Å². The molecule has 3 rings (SSSR count). The van der Waals surface area contributed by atoms with Crippen molar-refractivity contribution >= 4 is 45.9 Å². The number of carbonyl (C=O) groups is 1. The number of aryl methyl sites for hydroxylation is 1. The molecule has 8 heteroatoms. The minimum Gasteiger partial charge on any atom is -0.372 e. The van der Waals surface area contributed by atoms with E-state index in [0.717, 1.165) is 27.5 Å². The van der Waals surface area contributed by atoms with Crippen LogP contribution in [0.3, 0.4) is 0 Å². The van der Waals surface area contributed by atoms with Crippen molar-refractivity contribution < 1.29 is 4.79 Å². The number of nitrogens with two attached hydrogens (primary N) is 1. The Morgan fingerprint density at radius 1 is 1.20 bits per heavy atom. The zero-order valence-electron chi connectivity index (χ0n) is 19.1. The number of rotatable bonds is 3. The third-order valence-corrected chi connectivity index (χ3v) is 5.58. The van der Waals surface area contributed by atoms with E-state index < -0.39 is 0 Å². The number of hydrazone groups is 1. The van der Waals surface area contributed by atoms with Gasteiger partial charge < -0.3 is 5.73 Å². The molecule has 1 unspecified atom stereocenters. The molecule has 2 heterocycles. The molecule has 0 bridgehead atoms. The maximum absolute atomic E-state index is 8.71. The van der Waals surface area contributed by atoms with Gasteiger partial charge in [-0.25, -0.2) is 0 Å². The van der Waals surface area contributed by atoms with E-state index in [9.17, 15) is 0 Å². The summed E-state index contributed by atoms with van der Waals surface area (Å²) in [5.41, 5.74) is 10.8. The summed E-state index contributed by atoms with van der Waals surface area (Å²) in [4.78, 5) is 12.0. The molecule has 1 amide bonds. The number of benzene rings is 1. The average Bonchev–Trinajstić information content (AvgIpc) is 3.23. The molecule has 1 aromatic heterocycles. The van der Waals surface area contributed by atoms with Crippen LogP contribution >= 0.6 is 22.9 Å². The van der Waals surface area contributed by atoms with E-state index in [-0.39, 0.29) is 12.6 Å². The number of thiophene rings is 1. The van der Waals surface area contributed by atoms with Crippen molar-refractivity contribution in [1.29, 1.82) is 5.41 Å². The predicted molar refractivity (Wildman–Crippen MR) is 132 cm³/mol. The molecule has 0 spiro atoms. The van der Waals surface area contributed by atoms with Crippen LogP contribution in [0.1, 0.15) is 63.1 Å². The lowest BCUT2D eigenvalue weighted by Crippen LogP contribution is -2.37. The third kappa shape index (κ3) is 6.57. The van der Waals surface area contributed by atoms with Gasteiger partial charge in [0.1, 0.15) is 17.0 Å². The van der Waals surface area contributed by atoms with Crippen LogP contribution in [0.5, 0.6) is 0 Å². The second kappa shape index (κ2) is 13.8. The van der Waals surface area contributed by atoms with Crippen molar-refractivity contribution in [2.75, 3.05) is 4.90 Å². The highest BCUT2D eigenvalue weighted by Crippen LogP contribution is 2.38. The van der Waals surface area contributed by atoms with Crippen LogP contribution in [0.25, 0.3) is 0 Å². The van der Waals surface area contributed by atoms with Gasteiger partial charge in [-0.05, 0) is 45.4 Å². The summed E-state index contributed by atoms with van der Waals surface area (Å²) >= 11 is 7.68. The first kappa shape index (κ1) is 27.6. The molecule has 1 aliphatic rings. The Morgan fingerprint density at radius 2 is 1.70 bits per heavy atom. The van der Waals surface area contributed by atoms with Gasteiger partial charge in [0.2, 0.25) is 6.41 Å². The average molecular weight is 452 g/mol. The number of hydrogen-bond donors (Lipinski definition) is 3. The van der Waals surface area contributed by atoms with E-state index in [1.165, 1.54) is 4.88 Å². The van der Waals surface area contributed by atoms with E-state index in [2.05, 4.69) is 41.9 Å². The monoisotopic (exact) mass is 451 g/mol. The number of primary amides is 1. The predicted octanol–water partition coefficient (Wildman–Crippen LogP) is 5.68. The molecule has 0 saturated carbocycles. The summed E-state index contributed by atoms with van der Waals surface area (Å²) in [5, 5.41) is 14.8. The first-order valence-corrected chi connectivity index (χ1v) is 11.2. The molecule has 0 fully saturated rings. The number of nitrogens with one attached hydrogen (secondary N) is 2. The highest BCUT2D eigenvalue weighted by molar-refractivity contribution is 7.17. The third-order valence-electron chi connectivity index (χ3n) is 4.12. The van der Waals surface area contributed by atoms with Crippen molar-refractivity contribution in [1.82, 2.24) is 5.43 Å². The van der Waals surface area contributed by atoms with E-state index in [4.69, 9.17) is 21.8 Å². The van der Waals surface area contributed by atoms with E-state index in [0.29, 0.717) is 10.7 Å². The summed E-state index contributed by atoms with van der Waals surface area (Å²) in [7, 11) is 0. The van der Waals surface area contributed by atoms with Crippen molar-refractivity contribution in [2.24, 2.45) is 10.8 Å². The molecule has 1 aromatic carbocycles. The van der Waals surface area contributed by atoms with Crippen LogP contribution < -0.4 is 16.1 Å². The molecule has 2 aromatic rings. The zero-order valence-corrected chi connectivity index (χ0v) is 20.7. The van der Waals surface area contributed by atoms with Gasteiger partial charge in [0.25, 0.3) is 0 Å². The lowest BCUT2D eigenvalue weighted by molar-refractivity contribution is -0.106. The standard InChI is InChI=1S/C17H19ClN4S.2C2H6.CH3NO/c1-9-10(2)23-17(22-11(3)20-21-12(22)4)15(9)16(19)13-5-7-14(18)8-6-13;2*1-2;2-1-3/h5-8,11,19-20H,1-4H3;2*1-2H3;1H,(H2,2,3). The first-order chi connectivity index (χ1) is 14.3. The van der Waals surface area contributed by atoms with E-state index >= 15 is 0 Å². The molecule has 1 atom stereocenters. The Bertz CT molecular complexity index is 846. The Balaban J connectivity index is 0.00000108. The summed E-state index contributed by atoms with van der Waals surface area (Å²) in [5.74, 6) is 0.920. The number of amidine groups is 1. The fourth-order valence-corrected chi connectivity index (χ4v) is 4.15. The molecule has 0 saturated heterocycles. The zero-order chi connectivity index (χ0) is 23.4. The molecule has 166 valence electrons. The van der Waals surface area contributed by atoms with Gasteiger partial charge in [-0.15, -0.1) is 11.3 Å². The van der Waals surface area contributed by atoms with E-state index in [1.54, 1.807) is 11.3 Å². The Labute approximate surface area is 189 Å². The lowest BCUT2D eigenvalue weighted by atomic mass is 10.00. The fraction of sp³-hybridized carbons (Fsp3) is 0.409.